The summed E-state index contributed by atoms with van der Waals surface area (Å²) in [6.07, 6.45) is 1.34. The van der Waals surface area contributed by atoms with E-state index < -0.39 is 11.7 Å². The Kier molecular flexibility index (Phi) is 4.83. The third kappa shape index (κ3) is 3.54. The number of benzene rings is 2. The van der Waals surface area contributed by atoms with Crippen LogP contribution in [0.3, 0.4) is 0 Å². The predicted molar refractivity (Wildman–Crippen MR) is 102 cm³/mol. The molecule has 0 radical (unpaired) electrons. The van der Waals surface area contributed by atoms with Crippen molar-refractivity contribution in [3.05, 3.63) is 35.9 Å². The Hall–Kier alpha value is -1.94. The summed E-state index contributed by atoms with van der Waals surface area (Å²) in [5.41, 5.74) is 1.15. The fourth-order valence-corrected chi connectivity index (χ4v) is 3.75. The molecule has 1 aliphatic heterocycles. The number of phenols is 1. The van der Waals surface area contributed by atoms with Crippen LogP contribution in [0.1, 0.15) is 45.1 Å². The minimum absolute atomic E-state index is 0.134. The standard InChI is InChI=1S/C20H24ClNO3/c1-20(2,3)25-19(24)22-10-6-7-13(12-21)18-15-9-5-4-8-14(15)17(23)11-16(18)22/h4-5,8-9,11,13,23H,6-7,10,12H2,1-3H3/t13-/m0/s1. The first-order valence-corrected chi connectivity index (χ1v) is 9.16. The first-order valence-electron chi connectivity index (χ1n) is 8.63. The summed E-state index contributed by atoms with van der Waals surface area (Å²) in [4.78, 5) is 14.4. The lowest BCUT2D eigenvalue weighted by Gasteiger charge is -2.28. The third-order valence-electron chi connectivity index (χ3n) is 4.48. The summed E-state index contributed by atoms with van der Waals surface area (Å²) in [7, 11) is 0. The highest BCUT2D eigenvalue weighted by molar-refractivity contribution is 6.18. The van der Waals surface area contributed by atoms with Gasteiger partial charge < -0.3 is 9.84 Å². The lowest BCUT2D eigenvalue weighted by Crippen LogP contribution is -2.37. The number of carbonyl (C=O) groups excluding carboxylic acids is 1. The molecule has 0 saturated carbocycles. The molecular formula is C20H24ClNO3. The van der Waals surface area contributed by atoms with Crippen molar-refractivity contribution in [1.82, 2.24) is 0 Å². The van der Waals surface area contributed by atoms with Gasteiger partial charge in [-0.3, -0.25) is 4.90 Å². The molecule has 0 bridgehead atoms. The molecule has 2 aromatic rings. The Labute approximate surface area is 153 Å². The minimum Gasteiger partial charge on any atom is -0.507 e. The summed E-state index contributed by atoms with van der Waals surface area (Å²) in [5.74, 6) is 0.775. The number of anilines is 1. The van der Waals surface area contributed by atoms with Gasteiger partial charge in [-0.05, 0) is 44.6 Å². The molecule has 0 unspecified atom stereocenters. The molecule has 25 heavy (non-hydrogen) atoms. The van der Waals surface area contributed by atoms with Crippen LogP contribution in [0.5, 0.6) is 5.75 Å². The Morgan fingerprint density at radius 1 is 1.32 bits per heavy atom. The second kappa shape index (κ2) is 6.75. The highest BCUT2D eigenvalue weighted by atomic mass is 35.5. The number of hydrogen-bond acceptors (Lipinski definition) is 3. The summed E-state index contributed by atoms with van der Waals surface area (Å²) < 4.78 is 5.58. The first kappa shape index (κ1) is 17.9. The van der Waals surface area contributed by atoms with Gasteiger partial charge in [0.05, 0.1) is 5.69 Å². The second-order valence-electron chi connectivity index (χ2n) is 7.50. The number of fused-ring (bicyclic) bond motifs is 3. The van der Waals surface area contributed by atoms with Crippen molar-refractivity contribution >= 4 is 34.2 Å². The van der Waals surface area contributed by atoms with E-state index in [1.54, 1.807) is 11.0 Å². The van der Waals surface area contributed by atoms with Crippen LogP contribution in [0.15, 0.2) is 30.3 Å². The van der Waals surface area contributed by atoms with Gasteiger partial charge in [-0.1, -0.05) is 24.3 Å². The predicted octanol–water partition coefficient (Wildman–Crippen LogP) is 5.40. The van der Waals surface area contributed by atoms with Crippen LogP contribution in [0.25, 0.3) is 10.8 Å². The third-order valence-corrected chi connectivity index (χ3v) is 4.85. The SMILES string of the molecule is CC(C)(C)OC(=O)N1CCC[C@@H](CCl)c2c1cc(O)c1ccccc21. The van der Waals surface area contributed by atoms with Crippen molar-refractivity contribution in [3.8, 4) is 5.75 Å². The van der Waals surface area contributed by atoms with Crippen molar-refractivity contribution in [2.75, 3.05) is 17.3 Å². The van der Waals surface area contributed by atoms with E-state index in [4.69, 9.17) is 16.3 Å². The van der Waals surface area contributed by atoms with E-state index in [0.717, 1.165) is 29.2 Å². The molecular weight excluding hydrogens is 338 g/mol. The number of rotatable bonds is 1. The van der Waals surface area contributed by atoms with Gasteiger partial charge in [-0.2, -0.15) is 0 Å². The number of ether oxygens (including phenoxy) is 1. The molecule has 1 amide bonds. The van der Waals surface area contributed by atoms with Gasteiger partial charge in [0.15, 0.2) is 0 Å². The Morgan fingerprint density at radius 3 is 2.64 bits per heavy atom. The van der Waals surface area contributed by atoms with E-state index >= 15 is 0 Å². The topological polar surface area (TPSA) is 49.8 Å². The van der Waals surface area contributed by atoms with Crippen LogP contribution in [0.2, 0.25) is 0 Å². The Morgan fingerprint density at radius 2 is 2.00 bits per heavy atom. The Balaban J connectivity index is 2.19. The van der Waals surface area contributed by atoms with Crippen molar-refractivity contribution in [1.29, 1.82) is 0 Å². The van der Waals surface area contributed by atoms with E-state index in [1.807, 2.05) is 45.0 Å². The molecule has 1 N–H and O–H groups in total. The number of alkyl halides is 1. The Bertz CT molecular complexity index is 797. The molecule has 3 rings (SSSR count). The zero-order valence-electron chi connectivity index (χ0n) is 14.9. The fraction of sp³-hybridized carbons (Fsp3) is 0.450. The van der Waals surface area contributed by atoms with Crippen LogP contribution in [-0.4, -0.2) is 29.2 Å². The van der Waals surface area contributed by atoms with E-state index in [9.17, 15) is 9.90 Å². The second-order valence-corrected chi connectivity index (χ2v) is 7.81. The van der Waals surface area contributed by atoms with Gasteiger partial charge in [0, 0.05) is 29.8 Å². The van der Waals surface area contributed by atoms with Crippen molar-refractivity contribution in [3.63, 3.8) is 0 Å². The van der Waals surface area contributed by atoms with Gasteiger partial charge in [0.2, 0.25) is 0 Å². The molecule has 0 spiro atoms. The highest BCUT2D eigenvalue weighted by Gasteiger charge is 2.31. The number of carbonyl (C=O) groups is 1. The largest absolute Gasteiger partial charge is 0.507 e. The van der Waals surface area contributed by atoms with Gasteiger partial charge in [0.25, 0.3) is 0 Å². The molecule has 1 heterocycles. The van der Waals surface area contributed by atoms with Crippen LogP contribution < -0.4 is 4.90 Å². The molecule has 134 valence electrons. The minimum atomic E-state index is -0.575. The quantitative estimate of drug-likeness (QED) is 0.691. The normalized spacial score (nSPS) is 17.9. The number of hydrogen-bond donors (Lipinski definition) is 1. The molecule has 4 nitrogen and oxygen atoms in total. The highest BCUT2D eigenvalue weighted by Crippen LogP contribution is 2.43. The van der Waals surface area contributed by atoms with Crippen molar-refractivity contribution in [2.45, 2.75) is 45.1 Å². The molecule has 2 aromatic carbocycles. The summed E-state index contributed by atoms with van der Waals surface area (Å²) >= 11 is 6.26. The molecule has 5 heteroatoms. The molecule has 0 aliphatic carbocycles. The molecule has 0 aromatic heterocycles. The van der Waals surface area contributed by atoms with E-state index in [2.05, 4.69) is 0 Å². The van der Waals surface area contributed by atoms with Crippen LogP contribution >= 0.6 is 11.6 Å². The van der Waals surface area contributed by atoms with Gasteiger partial charge >= 0.3 is 6.09 Å². The van der Waals surface area contributed by atoms with E-state index in [1.165, 1.54) is 0 Å². The number of aromatic hydroxyl groups is 1. The monoisotopic (exact) mass is 361 g/mol. The average Bonchev–Trinajstić information content (AvgIpc) is 2.73. The van der Waals surface area contributed by atoms with E-state index in [0.29, 0.717) is 18.1 Å². The van der Waals surface area contributed by atoms with Crippen molar-refractivity contribution in [2.24, 2.45) is 0 Å². The molecule has 0 saturated heterocycles. The number of amides is 1. The number of phenolic OH excluding ortho intramolecular Hbond substituents is 1. The van der Waals surface area contributed by atoms with Crippen molar-refractivity contribution < 1.29 is 14.6 Å². The zero-order valence-corrected chi connectivity index (χ0v) is 15.6. The fourth-order valence-electron chi connectivity index (χ4n) is 3.44. The molecule has 1 aliphatic rings. The van der Waals surface area contributed by atoms with E-state index in [-0.39, 0.29) is 11.7 Å². The van der Waals surface area contributed by atoms with Gasteiger partial charge in [0.1, 0.15) is 11.4 Å². The van der Waals surface area contributed by atoms with Crippen LogP contribution in [0, 0.1) is 0 Å². The maximum Gasteiger partial charge on any atom is 0.414 e. The number of halogens is 1. The lowest BCUT2D eigenvalue weighted by molar-refractivity contribution is 0.0580. The van der Waals surface area contributed by atoms with Crippen LogP contribution in [0.4, 0.5) is 10.5 Å². The molecule has 1 atom stereocenters. The first-order chi connectivity index (χ1) is 11.8. The van der Waals surface area contributed by atoms with Gasteiger partial charge in [-0.15, -0.1) is 11.6 Å². The maximum atomic E-state index is 12.8. The zero-order chi connectivity index (χ0) is 18.2. The number of nitrogens with zero attached hydrogens (tertiary/aromatic N) is 1. The maximum absolute atomic E-state index is 12.8. The smallest absolute Gasteiger partial charge is 0.414 e. The van der Waals surface area contributed by atoms with Crippen LogP contribution in [-0.2, 0) is 4.74 Å². The lowest BCUT2D eigenvalue weighted by atomic mass is 9.90. The summed E-state index contributed by atoms with van der Waals surface area (Å²) in [5, 5.41) is 12.2. The average molecular weight is 362 g/mol. The summed E-state index contributed by atoms with van der Waals surface area (Å²) in [6.45, 7) is 6.10. The van der Waals surface area contributed by atoms with Gasteiger partial charge in [-0.25, -0.2) is 4.79 Å². The molecule has 0 fully saturated rings. The summed E-state index contributed by atoms with van der Waals surface area (Å²) in [6, 6.07) is 9.37.